The molecular weight excluding hydrogens is 242 g/mol. The van der Waals surface area contributed by atoms with Gasteiger partial charge in [0.1, 0.15) is 5.82 Å². The fourth-order valence-electron chi connectivity index (χ4n) is 2.67. The number of nitrogens with zero attached hydrogens (tertiary/aromatic N) is 3. The zero-order chi connectivity index (χ0) is 13.8. The van der Waals surface area contributed by atoms with Gasteiger partial charge in [-0.2, -0.15) is 0 Å². The molecule has 1 amide bonds. The number of carbonyl (C=O) groups is 1. The Kier molecular flexibility index (Phi) is 4.52. The topological polar surface area (TPSA) is 87.9 Å². The maximum Gasteiger partial charge on any atom is 0.293 e. The number of piperidine rings is 1. The van der Waals surface area contributed by atoms with Crippen LogP contribution in [0.5, 0.6) is 0 Å². The third kappa shape index (κ3) is 2.94. The van der Waals surface area contributed by atoms with Crippen LogP contribution in [0.2, 0.25) is 0 Å². The summed E-state index contributed by atoms with van der Waals surface area (Å²) in [6.45, 7) is 5.44. The predicted octanol–water partition coefficient (Wildman–Crippen LogP) is 0.957. The van der Waals surface area contributed by atoms with Crippen LogP contribution >= 0.6 is 0 Å². The van der Waals surface area contributed by atoms with Gasteiger partial charge in [0.25, 0.3) is 5.91 Å². The Hall–Kier alpha value is -1.43. The van der Waals surface area contributed by atoms with Gasteiger partial charge in [0.2, 0.25) is 5.82 Å². The summed E-state index contributed by atoms with van der Waals surface area (Å²) in [6, 6.07) is 0.120. The number of H-pyrrole nitrogens is 1. The van der Waals surface area contributed by atoms with Crippen LogP contribution in [0.4, 0.5) is 0 Å². The van der Waals surface area contributed by atoms with Gasteiger partial charge in [-0.3, -0.25) is 9.89 Å². The number of nitrogens with one attached hydrogen (secondary N) is 1. The third-order valence-corrected chi connectivity index (χ3v) is 3.99. The molecule has 0 aromatic carbocycles. The smallest absolute Gasteiger partial charge is 0.293 e. The van der Waals surface area contributed by atoms with Crippen LogP contribution in [0.15, 0.2) is 0 Å². The van der Waals surface area contributed by atoms with Gasteiger partial charge in [-0.25, -0.2) is 4.98 Å². The number of hydrogen-bond donors (Lipinski definition) is 2. The van der Waals surface area contributed by atoms with Crippen LogP contribution in [0.1, 0.15) is 49.6 Å². The molecular formula is C13H23N5O. The monoisotopic (exact) mass is 265 g/mol. The fraction of sp³-hybridized carbons (Fsp3) is 0.769. The van der Waals surface area contributed by atoms with Gasteiger partial charge < -0.3 is 10.6 Å². The standard InChI is InChI=1S/C13H23N5O/c1-3-9-5-6-18(10(7-9)8-14)13(19)12-15-11(4-2)16-17-12/h9-10H,3-8,14H2,1-2H3,(H,15,16,17). The van der Waals surface area contributed by atoms with Crippen molar-refractivity contribution in [1.29, 1.82) is 0 Å². The van der Waals surface area contributed by atoms with E-state index in [1.54, 1.807) is 0 Å². The molecule has 19 heavy (non-hydrogen) atoms. The number of likely N-dealkylation sites (tertiary alicyclic amines) is 1. The van der Waals surface area contributed by atoms with E-state index in [2.05, 4.69) is 22.1 Å². The highest BCUT2D eigenvalue weighted by Gasteiger charge is 2.32. The first kappa shape index (κ1) is 14.0. The Balaban J connectivity index is 2.09. The Morgan fingerprint density at radius 3 is 2.89 bits per heavy atom. The van der Waals surface area contributed by atoms with Gasteiger partial charge in [0, 0.05) is 25.6 Å². The first-order valence-corrected chi connectivity index (χ1v) is 7.11. The molecule has 2 atom stereocenters. The number of amides is 1. The summed E-state index contributed by atoms with van der Waals surface area (Å²) in [7, 11) is 0. The van der Waals surface area contributed by atoms with Crippen molar-refractivity contribution in [2.45, 2.75) is 45.6 Å². The highest BCUT2D eigenvalue weighted by Crippen LogP contribution is 2.25. The molecule has 1 aliphatic heterocycles. The summed E-state index contributed by atoms with van der Waals surface area (Å²) in [5.74, 6) is 1.60. The van der Waals surface area contributed by atoms with Crippen LogP contribution < -0.4 is 5.73 Å². The largest absolute Gasteiger partial charge is 0.332 e. The van der Waals surface area contributed by atoms with E-state index >= 15 is 0 Å². The maximum absolute atomic E-state index is 12.4. The number of rotatable bonds is 4. The first-order valence-electron chi connectivity index (χ1n) is 7.11. The number of aryl methyl sites for hydroxylation is 1. The predicted molar refractivity (Wildman–Crippen MR) is 72.7 cm³/mol. The van der Waals surface area contributed by atoms with Crippen LogP contribution in [-0.2, 0) is 6.42 Å². The summed E-state index contributed by atoms with van der Waals surface area (Å²) >= 11 is 0. The lowest BCUT2D eigenvalue weighted by Crippen LogP contribution is -2.49. The van der Waals surface area contributed by atoms with Gasteiger partial charge in [-0.1, -0.05) is 20.3 Å². The summed E-state index contributed by atoms with van der Waals surface area (Å²) in [4.78, 5) is 18.5. The Morgan fingerprint density at radius 1 is 1.53 bits per heavy atom. The Labute approximate surface area is 113 Å². The molecule has 106 valence electrons. The van der Waals surface area contributed by atoms with E-state index in [-0.39, 0.29) is 17.8 Å². The lowest BCUT2D eigenvalue weighted by molar-refractivity contribution is 0.0546. The number of aromatic nitrogens is 3. The molecule has 2 heterocycles. The lowest BCUT2D eigenvalue weighted by atomic mass is 9.89. The number of nitrogens with two attached hydrogens (primary N) is 1. The third-order valence-electron chi connectivity index (χ3n) is 3.99. The minimum Gasteiger partial charge on any atom is -0.332 e. The summed E-state index contributed by atoms with van der Waals surface area (Å²) < 4.78 is 0. The zero-order valence-electron chi connectivity index (χ0n) is 11.7. The van der Waals surface area contributed by atoms with E-state index in [1.165, 1.54) is 0 Å². The molecule has 6 nitrogen and oxygen atoms in total. The molecule has 3 N–H and O–H groups in total. The van der Waals surface area contributed by atoms with E-state index in [9.17, 15) is 4.79 Å². The second kappa shape index (κ2) is 6.14. The molecule has 1 aromatic rings. The molecule has 0 radical (unpaired) electrons. The molecule has 0 saturated carbocycles. The van der Waals surface area contributed by atoms with E-state index in [0.29, 0.717) is 12.5 Å². The van der Waals surface area contributed by atoms with E-state index < -0.39 is 0 Å². The molecule has 1 aromatic heterocycles. The van der Waals surface area contributed by atoms with Crippen LogP contribution in [0.25, 0.3) is 0 Å². The molecule has 1 aliphatic rings. The molecule has 0 aliphatic carbocycles. The molecule has 0 bridgehead atoms. The van der Waals surface area contributed by atoms with Crippen molar-refractivity contribution >= 4 is 5.91 Å². The highest BCUT2D eigenvalue weighted by atomic mass is 16.2. The second-order valence-corrected chi connectivity index (χ2v) is 5.15. The van der Waals surface area contributed by atoms with Crippen molar-refractivity contribution in [2.75, 3.05) is 13.1 Å². The van der Waals surface area contributed by atoms with Gasteiger partial charge in [-0.05, 0) is 18.8 Å². The second-order valence-electron chi connectivity index (χ2n) is 5.15. The van der Waals surface area contributed by atoms with Crippen molar-refractivity contribution in [1.82, 2.24) is 20.1 Å². The summed E-state index contributed by atoms with van der Waals surface area (Å²) in [6.07, 6.45) is 3.94. The van der Waals surface area contributed by atoms with E-state index in [0.717, 1.165) is 38.1 Å². The van der Waals surface area contributed by atoms with Gasteiger partial charge in [-0.15, -0.1) is 5.10 Å². The van der Waals surface area contributed by atoms with Gasteiger partial charge >= 0.3 is 0 Å². The van der Waals surface area contributed by atoms with Crippen molar-refractivity contribution in [3.63, 3.8) is 0 Å². The van der Waals surface area contributed by atoms with Crippen molar-refractivity contribution < 1.29 is 4.79 Å². The zero-order valence-corrected chi connectivity index (χ0v) is 11.7. The number of hydrogen-bond acceptors (Lipinski definition) is 4. The normalized spacial score (nSPS) is 23.6. The minimum absolute atomic E-state index is 0.0963. The van der Waals surface area contributed by atoms with E-state index in [4.69, 9.17) is 5.73 Å². The Bertz CT molecular complexity index is 430. The molecule has 0 spiro atoms. The number of aromatic amines is 1. The molecule has 2 rings (SSSR count). The van der Waals surface area contributed by atoms with Crippen molar-refractivity contribution in [2.24, 2.45) is 11.7 Å². The minimum atomic E-state index is -0.0963. The highest BCUT2D eigenvalue weighted by molar-refractivity contribution is 5.90. The quantitative estimate of drug-likeness (QED) is 0.848. The van der Waals surface area contributed by atoms with Crippen molar-refractivity contribution in [3.8, 4) is 0 Å². The average molecular weight is 265 g/mol. The maximum atomic E-state index is 12.4. The molecule has 1 fully saturated rings. The average Bonchev–Trinajstić information content (AvgIpc) is 2.94. The van der Waals surface area contributed by atoms with E-state index in [1.807, 2.05) is 11.8 Å². The van der Waals surface area contributed by atoms with Crippen molar-refractivity contribution in [3.05, 3.63) is 11.6 Å². The first-order chi connectivity index (χ1) is 9.19. The summed E-state index contributed by atoms with van der Waals surface area (Å²) in [5.41, 5.74) is 5.82. The van der Waals surface area contributed by atoms with Crippen LogP contribution in [0, 0.1) is 5.92 Å². The SMILES string of the molecule is CCc1nc(C(=O)N2CCC(CC)CC2CN)n[nH]1. The molecule has 6 heteroatoms. The van der Waals surface area contributed by atoms with Gasteiger partial charge in [0.05, 0.1) is 0 Å². The van der Waals surface area contributed by atoms with Gasteiger partial charge in [0.15, 0.2) is 0 Å². The van der Waals surface area contributed by atoms with Crippen LogP contribution in [0.3, 0.4) is 0 Å². The number of carbonyl (C=O) groups excluding carboxylic acids is 1. The molecule has 1 saturated heterocycles. The summed E-state index contributed by atoms with van der Waals surface area (Å²) in [5, 5.41) is 6.79. The fourth-order valence-corrected chi connectivity index (χ4v) is 2.67. The van der Waals surface area contributed by atoms with Crippen LogP contribution in [-0.4, -0.2) is 45.1 Å². The molecule has 2 unspecified atom stereocenters. The lowest BCUT2D eigenvalue weighted by Gasteiger charge is -2.38. The Morgan fingerprint density at radius 2 is 2.32 bits per heavy atom.